The fraction of sp³-hybridized carbons (Fsp3) is 0.333. The van der Waals surface area contributed by atoms with Crippen LogP contribution in [-0.2, 0) is 16.6 Å². The van der Waals surface area contributed by atoms with Crippen LogP contribution < -0.4 is 0 Å². The van der Waals surface area contributed by atoms with Crippen molar-refractivity contribution in [3.63, 3.8) is 0 Å². The third-order valence-electron chi connectivity index (χ3n) is 2.49. The fourth-order valence-corrected chi connectivity index (χ4v) is 3.68. The molecule has 0 saturated carbocycles. The Bertz CT molecular complexity index is 610. The van der Waals surface area contributed by atoms with Crippen molar-refractivity contribution in [1.29, 1.82) is 0 Å². The van der Waals surface area contributed by atoms with Crippen LogP contribution in [-0.4, -0.2) is 30.9 Å². The highest BCUT2D eigenvalue weighted by atomic mass is 79.9. The molecule has 0 fully saturated rings. The SMILES string of the molecule is C#CCN(CC)S(=O)(=O)c1cc(Br)cc(CO)c1F. The van der Waals surface area contributed by atoms with Gasteiger partial charge in [0.2, 0.25) is 10.0 Å². The maximum absolute atomic E-state index is 14.0. The second-order valence-corrected chi connectivity index (χ2v) is 6.49. The minimum Gasteiger partial charge on any atom is -0.392 e. The second-order valence-electron chi connectivity index (χ2n) is 3.67. The van der Waals surface area contributed by atoms with Gasteiger partial charge in [-0.3, -0.25) is 0 Å². The van der Waals surface area contributed by atoms with Crippen molar-refractivity contribution in [2.45, 2.75) is 18.4 Å². The van der Waals surface area contributed by atoms with E-state index in [1.165, 1.54) is 6.07 Å². The van der Waals surface area contributed by atoms with Gasteiger partial charge in [0.05, 0.1) is 13.2 Å². The lowest BCUT2D eigenvalue weighted by molar-refractivity contribution is 0.274. The second kappa shape index (κ2) is 6.48. The first-order valence-electron chi connectivity index (χ1n) is 5.40. The molecule has 0 unspecified atom stereocenters. The molecule has 4 nitrogen and oxygen atoms in total. The maximum atomic E-state index is 14.0. The molecule has 7 heteroatoms. The van der Waals surface area contributed by atoms with Crippen LogP contribution in [0.2, 0.25) is 0 Å². The summed E-state index contributed by atoms with van der Waals surface area (Å²) >= 11 is 3.09. The summed E-state index contributed by atoms with van der Waals surface area (Å²) in [5, 5.41) is 9.03. The van der Waals surface area contributed by atoms with Crippen LogP contribution in [0.15, 0.2) is 21.5 Å². The minimum absolute atomic E-state index is 0.0929. The average molecular weight is 350 g/mol. The van der Waals surface area contributed by atoms with Crippen molar-refractivity contribution >= 4 is 26.0 Å². The summed E-state index contributed by atoms with van der Waals surface area (Å²) in [5.41, 5.74) is -0.0929. The van der Waals surface area contributed by atoms with Gasteiger partial charge in [-0.15, -0.1) is 6.42 Å². The summed E-state index contributed by atoms with van der Waals surface area (Å²) in [6, 6.07) is 2.48. The standard InChI is InChI=1S/C12H13BrFNO3S/c1-3-5-15(4-2)19(17,18)11-7-10(13)6-9(8-16)12(11)14/h1,6-7,16H,4-5,8H2,2H3. The third kappa shape index (κ3) is 3.34. The first-order valence-corrected chi connectivity index (χ1v) is 7.64. The molecule has 1 N–H and O–H groups in total. The molecule has 0 amide bonds. The molecule has 0 saturated heterocycles. The van der Waals surface area contributed by atoms with Gasteiger partial charge in [-0.25, -0.2) is 12.8 Å². The number of halogens is 2. The summed E-state index contributed by atoms with van der Waals surface area (Å²) in [7, 11) is -4.02. The molecule has 19 heavy (non-hydrogen) atoms. The van der Waals surface area contributed by atoms with Crippen molar-refractivity contribution in [1.82, 2.24) is 4.31 Å². The monoisotopic (exact) mass is 349 g/mol. The third-order valence-corrected chi connectivity index (χ3v) is 4.87. The Morgan fingerprint density at radius 3 is 2.63 bits per heavy atom. The summed E-state index contributed by atoms with van der Waals surface area (Å²) in [6.45, 7) is 1.01. The van der Waals surface area contributed by atoms with E-state index in [0.717, 1.165) is 10.4 Å². The minimum atomic E-state index is -4.02. The van der Waals surface area contributed by atoms with E-state index in [-0.39, 0.29) is 18.7 Å². The van der Waals surface area contributed by atoms with Gasteiger partial charge in [-0.2, -0.15) is 4.31 Å². The average Bonchev–Trinajstić information content (AvgIpc) is 2.37. The van der Waals surface area contributed by atoms with Gasteiger partial charge in [0.1, 0.15) is 10.7 Å². The molecular formula is C12H13BrFNO3S. The molecule has 0 aromatic heterocycles. The van der Waals surface area contributed by atoms with Crippen molar-refractivity contribution in [3.05, 3.63) is 28.0 Å². The van der Waals surface area contributed by atoms with E-state index in [9.17, 15) is 12.8 Å². The van der Waals surface area contributed by atoms with E-state index in [1.54, 1.807) is 6.92 Å². The lowest BCUT2D eigenvalue weighted by Crippen LogP contribution is -2.32. The van der Waals surface area contributed by atoms with Crippen molar-refractivity contribution < 1.29 is 17.9 Å². The Morgan fingerprint density at radius 2 is 2.16 bits per heavy atom. The predicted molar refractivity (Wildman–Crippen MR) is 73.3 cm³/mol. The van der Waals surface area contributed by atoms with Gasteiger partial charge >= 0.3 is 0 Å². The van der Waals surface area contributed by atoms with E-state index in [2.05, 4.69) is 21.9 Å². The Kier molecular flexibility index (Phi) is 5.50. The van der Waals surface area contributed by atoms with Gasteiger partial charge in [0, 0.05) is 16.6 Å². The molecule has 0 radical (unpaired) electrons. The van der Waals surface area contributed by atoms with Gasteiger partial charge in [-0.05, 0) is 12.1 Å². The van der Waals surface area contributed by atoms with Crippen LogP contribution in [0, 0.1) is 18.2 Å². The van der Waals surface area contributed by atoms with Gasteiger partial charge in [-0.1, -0.05) is 28.8 Å². The summed E-state index contributed by atoms with van der Waals surface area (Å²) in [5.74, 6) is 1.26. The molecule has 0 aliphatic rings. The Morgan fingerprint density at radius 1 is 1.53 bits per heavy atom. The van der Waals surface area contributed by atoms with E-state index < -0.39 is 27.3 Å². The maximum Gasteiger partial charge on any atom is 0.246 e. The van der Waals surface area contributed by atoms with E-state index in [0.29, 0.717) is 4.47 Å². The number of sulfonamides is 1. The van der Waals surface area contributed by atoms with Crippen molar-refractivity contribution in [3.8, 4) is 12.3 Å². The number of hydrogen-bond acceptors (Lipinski definition) is 3. The molecule has 0 aliphatic carbocycles. The quantitative estimate of drug-likeness (QED) is 0.823. The van der Waals surface area contributed by atoms with Crippen LogP contribution in [0.3, 0.4) is 0 Å². The van der Waals surface area contributed by atoms with Crippen LogP contribution in [0.5, 0.6) is 0 Å². The zero-order valence-corrected chi connectivity index (χ0v) is 12.6. The van der Waals surface area contributed by atoms with E-state index in [4.69, 9.17) is 11.5 Å². The molecule has 0 spiro atoms. The van der Waals surface area contributed by atoms with Crippen molar-refractivity contribution in [2.75, 3.05) is 13.1 Å². The first-order chi connectivity index (χ1) is 8.88. The molecule has 1 rings (SSSR count). The van der Waals surface area contributed by atoms with Gasteiger partial charge in [0.15, 0.2) is 0 Å². The Balaban J connectivity index is 3.44. The normalized spacial score (nSPS) is 11.6. The number of nitrogens with zero attached hydrogens (tertiary/aromatic N) is 1. The number of rotatable bonds is 5. The van der Waals surface area contributed by atoms with E-state index in [1.807, 2.05) is 0 Å². The molecule has 0 bridgehead atoms. The van der Waals surface area contributed by atoms with E-state index >= 15 is 0 Å². The molecule has 0 heterocycles. The summed E-state index contributed by atoms with van der Waals surface area (Å²) < 4.78 is 40.0. The van der Waals surface area contributed by atoms with Crippen LogP contribution in [0.1, 0.15) is 12.5 Å². The van der Waals surface area contributed by atoms with Crippen molar-refractivity contribution in [2.24, 2.45) is 0 Å². The highest BCUT2D eigenvalue weighted by Gasteiger charge is 2.27. The molecule has 1 aromatic rings. The predicted octanol–water partition coefficient (Wildman–Crippen LogP) is 1.72. The number of aliphatic hydroxyl groups is 1. The molecule has 104 valence electrons. The van der Waals surface area contributed by atoms with Crippen LogP contribution >= 0.6 is 15.9 Å². The molecule has 1 aromatic carbocycles. The molecule has 0 atom stereocenters. The lowest BCUT2D eigenvalue weighted by atomic mass is 10.2. The lowest BCUT2D eigenvalue weighted by Gasteiger charge is -2.19. The Hall–Kier alpha value is -0.940. The summed E-state index contributed by atoms with van der Waals surface area (Å²) in [4.78, 5) is -0.497. The molecular weight excluding hydrogens is 337 g/mol. The summed E-state index contributed by atoms with van der Waals surface area (Å²) in [6.07, 6.45) is 5.10. The zero-order chi connectivity index (χ0) is 14.6. The first kappa shape index (κ1) is 16.1. The number of hydrogen-bond donors (Lipinski definition) is 1. The Labute approximate surface area is 120 Å². The number of aliphatic hydroxyl groups excluding tert-OH is 1. The molecule has 0 aliphatic heterocycles. The van der Waals surface area contributed by atoms with Crippen LogP contribution in [0.25, 0.3) is 0 Å². The number of terminal acetylenes is 1. The zero-order valence-electron chi connectivity index (χ0n) is 10.2. The largest absolute Gasteiger partial charge is 0.392 e. The van der Waals surface area contributed by atoms with Gasteiger partial charge in [0.25, 0.3) is 0 Å². The van der Waals surface area contributed by atoms with Gasteiger partial charge < -0.3 is 5.11 Å². The highest BCUT2D eigenvalue weighted by Crippen LogP contribution is 2.26. The number of benzene rings is 1. The highest BCUT2D eigenvalue weighted by molar-refractivity contribution is 9.10. The van der Waals surface area contributed by atoms with Crippen LogP contribution in [0.4, 0.5) is 4.39 Å². The fourth-order valence-electron chi connectivity index (χ4n) is 1.53. The smallest absolute Gasteiger partial charge is 0.246 e. The topological polar surface area (TPSA) is 57.6 Å².